The maximum atomic E-state index is 12.8. The Labute approximate surface area is 189 Å². The Morgan fingerprint density at radius 2 is 1.61 bits per heavy atom. The van der Waals surface area contributed by atoms with Gasteiger partial charge in [0, 0.05) is 12.1 Å². The predicted molar refractivity (Wildman–Crippen MR) is 118 cm³/mol. The molecule has 3 aromatic carbocycles. The van der Waals surface area contributed by atoms with E-state index in [1.807, 2.05) is 0 Å². The van der Waals surface area contributed by atoms with Crippen molar-refractivity contribution in [1.29, 1.82) is 0 Å². The number of nitrogens with one attached hydrogen (secondary N) is 2. The van der Waals surface area contributed by atoms with Crippen molar-refractivity contribution in [2.24, 2.45) is 0 Å². The number of benzene rings is 3. The second kappa shape index (κ2) is 10.9. The van der Waals surface area contributed by atoms with Gasteiger partial charge in [-0.2, -0.15) is 8.78 Å². The Bertz CT molecular complexity index is 1120. The van der Waals surface area contributed by atoms with Gasteiger partial charge in [0.05, 0.1) is 25.5 Å². The van der Waals surface area contributed by atoms with Gasteiger partial charge in [0.15, 0.2) is 11.5 Å². The van der Waals surface area contributed by atoms with E-state index in [0.29, 0.717) is 22.6 Å². The topological polar surface area (TPSA) is 85.9 Å². The first-order valence-electron chi connectivity index (χ1n) is 9.85. The van der Waals surface area contributed by atoms with Crippen molar-refractivity contribution < 1.29 is 32.6 Å². The van der Waals surface area contributed by atoms with Crippen molar-refractivity contribution in [3.8, 4) is 17.2 Å². The minimum Gasteiger partial charge on any atom is -0.497 e. The Morgan fingerprint density at radius 1 is 0.879 bits per heavy atom. The molecule has 0 radical (unpaired) electrons. The fourth-order valence-electron chi connectivity index (χ4n) is 3.02. The van der Waals surface area contributed by atoms with Gasteiger partial charge in [-0.05, 0) is 54.1 Å². The molecule has 9 heteroatoms. The normalized spacial score (nSPS) is 10.5. The van der Waals surface area contributed by atoms with Crippen LogP contribution >= 0.6 is 0 Å². The highest BCUT2D eigenvalue weighted by atomic mass is 19.3. The molecule has 0 saturated heterocycles. The van der Waals surface area contributed by atoms with E-state index in [1.165, 1.54) is 32.4 Å². The van der Waals surface area contributed by atoms with E-state index in [9.17, 15) is 18.4 Å². The molecule has 0 aliphatic carbocycles. The molecule has 0 atom stereocenters. The second-order valence-electron chi connectivity index (χ2n) is 6.77. The first kappa shape index (κ1) is 23.5. The lowest BCUT2D eigenvalue weighted by molar-refractivity contribution is -0.0512. The fourth-order valence-corrected chi connectivity index (χ4v) is 3.02. The summed E-state index contributed by atoms with van der Waals surface area (Å²) < 4.78 is 39.5. The van der Waals surface area contributed by atoms with E-state index in [2.05, 4.69) is 15.4 Å². The Balaban J connectivity index is 1.69. The van der Waals surface area contributed by atoms with Crippen LogP contribution in [0.4, 0.5) is 14.5 Å². The number of ether oxygens (including phenoxy) is 3. The third kappa shape index (κ3) is 6.19. The third-order valence-electron chi connectivity index (χ3n) is 4.67. The van der Waals surface area contributed by atoms with Crippen LogP contribution in [0.3, 0.4) is 0 Å². The van der Waals surface area contributed by atoms with Crippen molar-refractivity contribution in [2.75, 3.05) is 19.5 Å². The molecule has 2 N–H and O–H groups in total. The van der Waals surface area contributed by atoms with E-state index >= 15 is 0 Å². The molecule has 0 aliphatic heterocycles. The van der Waals surface area contributed by atoms with Crippen LogP contribution in [0.15, 0.2) is 66.7 Å². The first-order valence-corrected chi connectivity index (χ1v) is 9.85. The zero-order chi connectivity index (χ0) is 23.8. The summed E-state index contributed by atoms with van der Waals surface area (Å²) in [7, 11) is 2.86. The number of carbonyl (C=O) groups is 2. The van der Waals surface area contributed by atoms with Crippen LogP contribution in [-0.2, 0) is 6.54 Å². The summed E-state index contributed by atoms with van der Waals surface area (Å²) in [5.41, 5.74) is 1.63. The van der Waals surface area contributed by atoms with E-state index in [4.69, 9.17) is 9.47 Å². The highest BCUT2D eigenvalue weighted by molar-refractivity contribution is 6.09. The third-order valence-corrected chi connectivity index (χ3v) is 4.67. The molecule has 172 valence electrons. The number of halogens is 2. The average molecular weight is 456 g/mol. The molecule has 0 spiro atoms. The van der Waals surface area contributed by atoms with Gasteiger partial charge in [-0.3, -0.25) is 9.59 Å². The van der Waals surface area contributed by atoms with Crippen molar-refractivity contribution >= 4 is 17.5 Å². The molecule has 33 heavy (non-hydrogen) atoms. The fraction of sp³-hybridized carbons (Fsp3) is 0.167. The molecule has 2 amide bonds. The Hall–Kier alpha value is -4.14. The van der Waals surface area contributed by atoms with Gasteiger partial charge >= 0.3 is 6.61 Å². The van der Waals surface area contributed by atoms with E-state index in [1.54, 1.807) is 48.5 Å². The summed E-state index contributed by atoms with van der Waals surface area (Å²) in [4.78, 5) is 25.4. The molecular formula is C24H22F2N2O5. The van der Waals surface area contributed by atoms with Crippen LogP contribution in [0.5, 0.6) is 17.2 Å². The van der Waals surface area contributed by atoms with Crippen molar-refractivity contribution in [1.82, 2.24) is 5.32 Å². The number of amides is 2. The largest absolute Gasteiger partial charge is 0.497 e. The molecule has 3 aromatic rings. The van der Waals surface area contributed by atoms with E-state index < -0.39 is 12.5 Å². The zero-order valence-corrected chi connectivity index (χ0v) is 17.9. The quantitative estimate of drug-likeness (QED) is 0.496. The molecule has 0 fully saturated rings. The molecule has 0 unspecified atom stereocenters. The maximum Gasteiger partial charge on any atom is 0.387 e. The van der Waals surface area contributed by atoms with Gasteiger partial charge in [0.25, 0.3) is 11.8 Å². The summed E-state index contributed by atoms with van der Waals surface area (Å²) in [6.07, 6.45) is 0. The number of hydrogen-bond acceptors (Lipinski definition) is 5. The van der Waals surface area contributed by atoms with Gasteiger partial charge in [-0.15, -0.1) is 0 Å². The first-order chi connectivity index (χ1) is 15.9. The zero-order valence-electron chi connectivity index (χ0n) is 17.9. The van der Waals surface area contributed by atoms with Gasteiger partial charge in [-0.25, -0.2) is 0 Å². The average Bonchev–Trinajstić information content (AvgIpc) is 2.83. The van der Waals surface area contributed by atoms with E-state index in [-0.39, 0.29) is 29.5 Å². The summed E-state index contributed by atoms with van der Waals surface area (Å²) >= 11 is 0. The van der Waals surface area contributed by atoms with Crippen molar-refractivity contribution in [3.63, 3.8) is 0 Å². The molecule has 0 aromatic heterocycles. The number of methoxy groups -OCH3 is 2. The lowest BCUT2D eigenvalue weighted by Gasteiger charge is -2.13. The van der Waals surface area contributed by atoms with Crippen LogP contribution < -0.4 is 24.8 Å². The smallest absolute Gasteiger partial charge is 0.387 e. The van der Waals surface area contributed by atoms with E-state index in [0.717, 1.165) is 0 Å². The Morgan fingerprint density at radius 3 is 2.27 bits per heavy atom. The standard InChI is InChI=1S/C24H22F2N2O5/c1-31-17-10-8-16(9-11-17)22(29)28-19-6-4-3-5-18(19)23(30)27-14-15-7-12-20(33-24(25)26)21(13-15)32-2/h3-13,24H,14H2,1-2H3,(H,27,30)(H,28,29). The monoisotopic (exact) mass is 456 g/mol. The van der Waals surface area contributed by atoms with Crippen molar-refractivity contribution in [2.45, 2.75) is 13.2 Å². The minimum atomic E-state index is -2.98. The number of alkyl halides is 2. The number of anilines is 1. The van der Waals surface area contributed by atoms with Crippen LogP contribution in [0, 0.1) is 0 Å². The number of rotatable bonds is 9. The molecule has 0 bridgehead atoms. The lowest BCUT2D eigenvalue weighted by Crippen LogP contribution is -2.25. The summed E-state index contributed by atoms with van der Waals surface area (Å²) in [5, 5.41) is 5.48. The summed E-state index contributed by atoms with van der Waals surface area (Å²) in [6.45, 7) is -2.88. The summed E-state index contributed by atoms with van der Waals surface area (Å²) in [6, 6.07) is 17.5. The van der Waals surface area contributed by atoms with Crippen LogP contribution in [0.1, 0.15) is 26.3 Å². The molecular weight excluding hydrogens is 434 g/mol. The summed E-state index contributed by atoms with van der Waals surface area (Å²) in [5.74, 6) is -0.162. The van der Waals surface area contributed by atoms with Gasteiger partial charge in [0.1, 0.15) is 5.75 Å². The number of hydrogen-bond donors (Lipinski definition) is 2. The number of para-hydroxylation sites is 1. The molecule has 0 heterocycles. The number of carbonyl (C=O) groups excluding carboxylic acids is 2. The van der Waals surface area contributed by atoms with Crippen LogP contribution in [0.2, 0.25) is 0 Å². The van der Waals surface area contributed by atoms with Gasteiger partial charge in [0.2, 0.25) is 0 Å². The molecule has 0 aliphatic rings. The molecule has 7 nitrogen and oxygen atoms in total. The molecule has 0 saturated carbocycles. The highest BCUT2D eigenvalue weighted by Gasteiger charge is 2.15. The Kier molecular flexibility index (Phi) is 7.80. The van der Waals surface area contributed by atoms with Crippen LogP contribution in [0.25, 0.3) is 0 Å². The second-order valence-corrected chi connectivity index (χ2v) is 6.77. The van der Waals surface area contributed by atoms with Gasteiger partial charge in [-0.1, -0.05) is 18.2 Å². The highest BCUT2D eigenvalue weighted by Crippen LogP contribution is 2.29. The minimum absolute atomic E-state index is 0.102. The molecule has 3 rings (SSSR count). The lowest BCUT2D eigenvalue weighted by atomic mass is 10.1. The van der Waals surface area contributed by atoms with Crippen LogP contribution in [-0.4, -0.2) is 32.6 Å². The van der Waals surface area contributed by atoms with Gasteiger partial charge < -0.3 is 24.8 Å². The predicted octanol–water partition coefficient (Wildman–Crippen LogP) is 4.49. The van der Waals surface area contributed by atoms with Crippen molar-refractivity contribution in [3.05, 3.63) is 83.4 Å². The maximum absolute atomic E-state index is 12.8. The SMILES string of the molecule is COc1ccc(C(=O)Nc2ccccc2C(=O)NCc2ccc(OC(F)F)c(OC)c2)cc1.